The van der Waals surface area contributed by atoms with Crippen molar-refractivity contribution in [2.75, 3.05) is 13.6 Å². The first-order valence-electron chi connectivity index (χ1n) is 7.36. The molecule has 9 nitrogen and oxygen atoms in total. The molecule has 2 aromatic rings. The van der Waals surface area contributed by atoms with Crippen LogP contribution in [0.25, 0.3) is 11.2 Å². The van der Waals surface area contributed by atoms with Crippen LogP contribution in [-0.2, 0) is 9.53 Å². The Kier molecular flexibility index (Phi) is 4.00. The summed E-state index contributed by atoms with van der Waals surface area (Å²) in [5.74, 6) is -0.378. The molecule has 23 heavy (non-hydrogen) atoms. The average molecular weight is 321 g/mol. The highest BCUT2D eigenvalue weighted by atomic mass is 16.6. The fourth-order valence-electron chi connectivity index (χ4n) is 2.62. The summed E-state index contributed by atoms with van der Waals surface area (Å²) in [6.07, 6.45) is -1.79. The minimum atomic E-state index is -1.32. The first-order chi connectivity index (χ1) is 11.0. The Morgan fingerprint density at radius 2 is 2.09 bits per heavy atom. The molecule has 1 amide bonds. The number of amides is 1. The zero-order valence-corrected chi connectivity index (χ0v) is 13.1. The SMILES string of the molecule is CCN(C)C(=O)[C@H]1O[C@@H](n2cnc3c(C)ncnc32)[C@H](O)[C@@H]1O. The number of carbonyl (C=O) groups is 1. The first-order valence-corrected chi connectivity index (χ1v) is 7.36. The molecule has 124 valence electrons. The number of fused-ring (bicyclic) bond motifs is 1. The molecule has 0 aromatic carbocycles. The number of imidazole rings is 1. The highest BCUT2D eigenvalue weighted by Crippen LogP contribution is 2.32. The van der Waals surface area contributed by atoms with Crippen LogP contribution < -0.4 is 0 Å². The zero-order valence-electron chi connectivity index (χ0n) is 13.1. The maximum atomic E-state index is 12.2. The summed E-state index contributed by atoms with van der Waals surface area (Å²) in [6, 6.07) is 0. The fraction of sp³-hybridized carbons (Fsp3) is 0.571. The highest BCUT2D eigenvalue weighted by molar-refractivity contribution is 5.82. The van der Waals surface area contributed by atoms with E-state index in [1.165, 1.54) is 22.1 Å². The van der Waals surface area contributed by atoms with Crippen LogP contribution in [-0.4, -0.2) is 72.4 Å². The third kappa shape index (κ3) is 2.46. The minimum Gasteiger partial charge on any atom is -0.387 e. The Labute approximate surface area is 132 Å². The van der Waals surface area contributed by atoms with Gasteiger partial charge in [-0.1, -0.05) is 0 Å². The molecule has 1 aliphatic heterocycles. The predicted octanol–water partition coefficient (Wildman–Crippen LogP) is -0.768. The van der Waals surface area contributed by atoms with Crippen molar-refractivity contribution in [1.29, 1.82) is 0 Å². The molecule has 2 aromatic heterocycles. The third-order valence-corrected chi connectivity index (χ3v) is 4.15. The van der Waals surface area contributed by atoms with Gasteiger partial charge in [-0.2, -0.15) is 0 Å². The highest BCUT2D eigenvalue weighted by Gasteiger charge is 2.48. The lowest BCUT2D eigenvalue weighted by molar-refractivity contribution is -0.147. The number of likely N-dealkylation sites (N-methyl/N-ethyl adjacent to an activating group) is 1. The summed E-state index contributed by atoms with van der Waals surface area (Å²) in [4.78, 5) is 26.1. The average Bonchev–Trinajstić information content (AvgIpc) is 3.09. The molecule has 4 atom stereocenters. The number of ether oxygens (including phenoxy) is 1. The van der Waals surface area contributed by atoms with E-state index in [1.54, 1.807) is 14.0 Å². The van der Waals surface area contributed by atoms with Gasteiger partial charge >= 0.3 is 0 Å². The van der Waals surface area contributed by atoms with E-state index in [-0.39, 0.29) is 5.91 Å². The molecular weight excluding hydrogens is 302 g/mol. The zero-order chi connectivity index (χ0) is 16.7. The second kappa shape index (κ2) is 5.84. The summed E-state index contributed by atoms with van der Waals surface area (Å²) < 4.78 is 7.15. The van der Waals surface area contributed by atoms with E-state index in [1.807, 2.05) is 6.92 Å². The Hall–Kier alpha value is -2.10. The van der Waals surface area contributed by atoms with Gasteiger partial charge in [0.25, 0.3) is 5.91 Å². The molecule has 1 aliphatic rings. The Morgan fingerprint density at radius 1 is 1.35 bits per heavy atom. The fourth-order valence-corrected chi connectivity index (χ4v) is 2.62. The first kappa shape index (κ1) is 15.8. The van der Waals surface area contributed by atoms with Crippen molar-refractivity contribution < 1.29 is 19.7 Å². The summed E-state index contributed by atoms with van der Waals surface area (Å²) in [6.45, 7) is 4.09. The van der Waals surface area contributed by atoms with E-state index in [2.05, 4.69) is 15.0 Å². The van der Waals surface area contributed by atoms with Crippen molar-refractivity contribution in [2.24, 2.45) is 0 Å². The number of hydrogen-bond acceptors (Lipinski definition) is 7. The smallest absolute Gasteiger partial charge is 0.254 e. The van der Waals surface area contributed by atoms with Gasteiger partial charge in [0.1, 0.15) is 24.1 Å². The molecule has 0 unspecified atom stereocenters. The number of aromatic nitrogens is 4. The van der Waals surface area contributed by atoms with Crippen molar-refractivity contribution >= 4 is 17.1 Å². The van der Waals surface area contributed by atoms with Crippen LogP contribution in [0.15, 0.2) is 12.7 Å². The number of hydrogen-bond donors (Lipinski definition) is 2. The van der Waals surface area contributed by atoms with Crippen LogP contribution >= 0.6 is 0 Å². The largest absolute Gasteiger partial charge is 0.387 e. The molecule has 3 heterocycles. The van der Waals surface area contributed by atoms with Gasteiger partial charge in [-0.3, -0.25) is 9.36 Å². The van der Waals surface area contributed by atoms with E-state index >= 15 is 0 Å². The van der Waals surface area contributed by atoms with Gasteiger partial charge in [-0.25, -0.2) is 15.0 Å². The number of aliphatic hydroxyl groups excluding tert-OH is 2. The van der Waals surface area contributed by atoms with E-state index in [0.717, 1.165) is 0 Å². The number of nitrogens with zero attached hydrogens (tertiary/aromatic N) is 5. The number of carbonyl (C=O) groups excluding carboxylic acids is 1. The van der Waals surface area contributed by atoms with Gasteiger partial charge in [-0.15, -0.1) is 0 Å². The van der Waals surface area contributed by atoms with Crippen LogP contribution in [0.5, 0.6) is 0 Å². The molecule has 0 saturated carbocycles. The molecule has 0 radical (unpaired) electrons. The van der Waals surface area contributed by atoms with Crippen LogP contribution in [0.3, 0.4) is 0 Å². The van der Waals surface area contributed by atoms with E-state index in [4.69, 9.17) is 4.74 Å². The van der Waals surface area contributed by atoms with Gasteiger partial charge in [0.05, 0.1) is 12.0 Å². The third-order valence-electron chi connectivity index (χ3n) is 4.15. The summed E-state index contributed by atoms with van der Waals surface area (Å²) >= 11 is 0. The second-order valence-electron chi connectivity index (χ2n) is 5.56. The van der Waals surface area contributed by atoms with Crippen molar-refractivity contribution in [3.8, 4) is 0 Å². The van der Waals surface area contributed by atoms with Crippen LogP contribution in [0, 0.1) is 6.92 Å². The van der Waals surface area contributed by atoms with E-state index in [9.17, 15) is 15.0 Å². The van der Waals surface area contributed by atoms with Crippen molar-refractivity contribution in [3.05, 3.63) is 18.3 Å². The Balaban J connectivity index is 1.94. The predicted molar refractivity (Wildman–Crippen MR) is 79.3 cm³/mol. The lowest BCUT2D eigenvalue weighted by atomic mass is 10.1. The van der Waals surface area contributed by atoms with Crippen LogP contribution in [0.2, 0.25) is 0 Å². The maximum absolute atomic E-state index is 12.2. The normalized spacial score (nSPS) is 27.5. The number of aryl methyl sites for hydroxylation is 1. The molecule has 0 aliphatic carbocycles. The van der Waals surface area contributed by atoms with E-state index in [0.29, 0.717) is 23.4 Å². The summed E-state index contributed by atoms with van der Waals surface area (Å²) in [5.41, 5.74) is 1.75. The molecule has 0 bridgehead atoms. The van der Waals surface area contributed by atoms with Crippen molar-refractivity contribution in [2.45, 2.75) is 38.4 Å². The molecular formula is C14H19N5O4. The molecule has 3 rings (SSSR count). The van der Waals surface area contributed by atoms with Gasteiger partial charge in [-0.05, 0) is 13.8 Å². The second-order valence-corrected chi connectivity index (χ2v) is 5.56. The van der Waals surface area contributed by atoms with Gasteiger partial charge < -0.3 is 19.8 Å². The maximum Gasteiger partial charge on any atom is 0.254 e. The van der Waals surface area contributed by atoms with Crippen LogP contribution in [0.1, 0.15) is 18.8 Å². The molecule has 1 saturated heterocycles. The number of aliphatic hydroxyl groups is 2. The number of rotatable bonds is 3. The van der Waals surface area contributed by atoms with Gasteiger partial charge in [0.15, 0.2) is 18.0 Å². The molecule has 2 N–H and O–H groups in total. The van der Waals surface area contributed by atoms with Gasteiger partial charge in [0.2, 0.25) is 0 Å². The van der Waals surface area contributed by atoms with Crippen molar-refractivity contribution in [3.63, 3.8) is 0 Å². The molecule has 9 heteroatoms. The monoisotopic (exact) mass is 321 g/mol. The molecule has 0 spiro atoms. The van der Waals surface area contributed by atoms with Crippen molar-refractivity contribution in [1.82, 2.24) is 24.4 Å². The quantitative estimate of drug-likeness (QED) is 0.763. The lowest BCUT2D eigenvalue weighted by Crippen LogP contribution is -2.43. The lowest BCUT2D eigenvalue weighted by Gasteiger charge is -2.20. The Bertz CT molecular complexity index is 733. The van der Waals surface area contributed by atoms with E-state index < -0.39 is 24.5 Å². The summed E-state index contributed by atoms with van der Waals surface area (Å²) in [5, 5.41) is 20.5. The Morgan fingerprint density at radius 3 is 2.78 bits per heavy atom. The van der Waals surface area contributed by atoms with Gasteiger partial charge in [0, 0.05) is 13.6 Å². The summed E-state index contributed by atoms with van der Waals surface area (Å²) in [7, 11) is 1.61. The van der Waals surface area contributed by atoms with Crippen LogP contribution in [0.4, 0.5) is 0 Å². The minimum absolute atomic E-state index is 0.378. The standard InChI is InChI=1S/C14H19N5O4/c1-4-18(3)13(22)11-9(20)10(21)14(23-11)19-6-17-8-7(2)15-5-16-12(8)19/h5-6,9-11,14,20-21H,4H2,1-3H3/t9-,10+,11-,14+/m0/s1. The topological polar surface area (TPSA) is 114 Å². The molecule has 1 fully saturated rings.